The number of amides is 1. The molecular formula is C17H26N2O3S2. The van der Waals surface area contributed by atoms with Crippen LogP contribution in [0.4, 0.5) is 0 Å². The molecule has 0 N–H and O–H groups in total. The molecule has 0 atom stereocenters. The second-order valence-electron chi connectivity index (χ2n) is 6.92. The molecule has 0 aromatic carbocycles. The largest absolute Gasteiger partial charge is 0.340 e. The molecule has 0 spiro atoms. The Labute approximate surface area is 148 Å². The van der Waals surface area contributed by atoms with Crippen LogP contribution in [0, 0.1) is 19.8 Å². The standard InChI is InChI=1S/C17H26N2O3S2/c1-13-11-16(14(2)23-13)24(21,22)19-9-7-18(8-10-19)17(20)12-15-5-3-4-6-15/h11,15H,3-10,12H2,1-2H3. The minimum Gasteiger partial charge on any atom is -0.340 e. The number of aryl methyl sites for hydroxylation is 2. The number of thiophene rings is 1. The smallest absolute Gasteiger partial charge is 0.244 e. The van der Waals surface area contributed by atoms with E-state index in [1.165, 1.54) is 28.5 Å². The first-order valence-corrected chi connectivity index (χ1v) is 11.0. The van der Waals surface area contributed by atoms with Crippen molar-refractivity contribution in [3.63, 3.8) is 0 Å². The molecule has 1 saturated carbocycles. The zero-order valence-corrected chi connectivity index (χ0v) is 16.1. The summed E-state index contributed by atoms with van der Waals surface area (Å²) in [6.07, 6.45) is 5.44. The maximum absolute atomic E-state index is 12.8. The van der Waals surface area contributed by atoms with Gasteiger partial charge < -0.3 is 4.90 Å². The SMILES string of the molecule is Cc1cc(S(=O)(=O)N2CCN(C(=O)CC3CCCC3)CC2)c(C)s1. The van der Waals surface area contributed by atoms with Crippen molar-refractivity contribution in [1.82, 2.24) is 9.21 Å². The molecule has 3 rings (SSSR count). The van der Waals surface area contributed by atoms with Crippen molar-refractivity contribution in [3.05, 3.63) is 15.8 Å². The number of hydrogen-bond acceptors (Lipinski definition) is 4. The van der Waals surface area contributed by atoms with Crippen LogP contribution in [0.3, 0.4) is 0 Å². The van der Waals surface area contributed by atoms with Gasteiger partial charge in [0.2, 0.25) is 15.9 Å². The Balaban J connectivity index is 1.60. The van der Waals surface area contributed by atoms with Gasteiger partial charge in [-0.25, -0.2) is 8.42 Å². The Morgan fingerprint density at radius 2 is 1.79 bits per heavy atom. The predicted octanol–water partition coefficient (Wildman–Crippen LogP) is 2.78. The molecule has 0 unspecified atom stereocenters. The van der Waals surface area contributed by atoms with Crippen LogP contribution in [-0.2, 0) is 14.8 Å². The maximum Gasteiger partial charge on any atom is 0.244 e. The highest BCUT2D eigenvalue weighted by Gasteiger charge is 2.32. The molecule has 1 aliphatic heterocycles. The lowest BCUT2D eigenvalue weighted by molar-refractivity contribution is -0.133. The zero-order chi connectivity index (χ0) is 17.3. The lowest BCUT2D eigenvalue weighted by Gasteiger charge is -2.34. The van der Waals surface area contributed by atoms with E-state index in [4.69, 9.17) is 0 Å². The minimum absolute atomic E-state index is 0.196. The number of rotatable bonds is 4. The van der Waals surface area contributed by atoms with Crippen LogP contribution in [0.2, 0.25) is 0 Å². The summed E-state index contributed by atoms with van der Waals surface area (Å²) in [6, 6.07) is 1.76. The van der Waals surface area contributed by atoms with Gasteiger partial charge in [-0.1, -0.05) is 12.8 Å². The molecule has 134 valence electrons. The molecule has 0 radical (unpaired) electrons. The van der Waals surface area contributed by atoms with E-state index in [1.807, 2.05) is 18.7 Å². The third-order valence-electron chi connectivity index (χ3n) is 5.14. The van der Waals surface area contributed by atoms with Gasteiger partial charge in [-0.05, 0) is 38.7 Å². The maximum atomic E-state index is 12.8. The molecule has 2 aliphatic rings. The zero-order valence-electron chi connectivity index (χ0n) is 14.5. The molecule has 2 fully saturated rings. The summed E-state index contributed by atoms with van der Waals surface area (Å²) >= 11 is 1.51. The average Bonchev–Trinajstić information content (AvgIpc) is 3.17. The molecule has 1 aromatic rings. The van der Waals surface area contributed by atoms with Gasteiger partial charge in [-0.15, -0.1) is 11.3 Å². The first kappa shape index (κ1) is 17.9. The molecule has 1 amide bonds. The van der Waals surface area contributed by atoms with E-state index in [9.17, 15) is 13.2 Å². The Bertz CT molecular complexity index is 697. The van der Waals surface area contributed by atoms with Crippen molar-refractivity contribution in [2.75, 3.05) is 26.2 Å². The highest BCUT2D eigenvalue weighted by Crippen LogP contribution is 2.30. The second-order valence-corrected chi connectivity index (χ2v) is 10.3. The van der Waals surface area contributed by atoms with Crippen molar-refractivity contribution in [1.29, 1.82) is 0 Å². The Kier molecular flexibility index (Phi) is 5.32. The third-order valence-corrected chi connectivity index (χ3v) is 8.26. The van der Waals surface area contributed by atoms with E-state index in [0.29, 0.717) is 43.4 Å². The van der Waals surface area contributed by atoms with Gasteiger partial charge in [-0.2, -0.15) is 4.31 Å². The van der Waals surface area contributed by atoms with E-state index in [0.717, 1.165) is 22.6 Å². The van der Waals surface area contributed by atoms with Crippen LogP contribution in [0.1, 0.15) is 41.9 Å². The first-order valence-electron chi connectivity index (χ1n) is 8.73. The van der Waals surface area contributed by atoms with Crippen molar-refractivity contribution in [3.8, 4) is 0 Å². The fourth-order valence-corrected chi connectivity index (χ4v) is 6.72. The molecule has 1 aromatic heterocycles. The van der Waals surface area contributed by atoms with Crippen LogP contribution in [0.25, 0.3) is 0 Å². The molecule has 5 nitrogen and oxygen atoms in total. The van der Waals surface area contributed by atoms with Crippen LogP contribution in [0.15, 0.2) is 11.0 Å². The van der Waals surface area contributed by atoms with Crippen LogP contribution < -0.4 is 0 Å². The van der Waals surface area contributed by atoms with Crippen molar-refractivity contribution < 1.29 is 13.2 Å². The van der Waals surface area contributed by atoms with Gasteiger partial charge in [0, 0.05) is 42.4 Å². The van der Waals surface area contributed by atoms with Crippen molar-refractivity contribution in [2.45, 2.75) is 50.8 Å². The summed E-state index contributed by atoms with van der Waals surface area (Å²) in [4.78, 5) is 16.5. The van der Waals surface area contributed by atoms with E-state index >= 15 is 0 Å². The monoisotopic (exact) mass is 370 g/mol. The summed E-state index contributed by atoms with van der Waals surface area (Å²) in [5.74, 6) is 0.734. The molecule has 0 bridgehead atoms. The number of carbonyl (C=O) groups excluding carboxylic acids is 1. The fraction of sp³-hybridized carbons (Fsp3) is 0.706. The average molecular weight is 371 g/mol. The summed E-state index contributed by atoms with van der Waals surface area (Å²) in [7, 11) is -3.44. The van der Waals surface area contributed by atoms with Gasteiger partial charge in [0.05, 0.1) is 4.90 Å². The lowest BCUT2D eigenvalue weighted by atomic mass is 10.0. The van der Waals surface area contributed by atoms with Gasteiger partial charge in [0.25, 0.3) is 0 Å². The van der Waals surface area contributed by atoms with Gasteiger partial charge in [-0.3, -0.25) is 4.79 Å². The second kappa shape index (κ2) is 7.14. The van der Waals surface area contributed by atoms with Crippen molar-refractivity contribution in [2.24, 2.45) is 5.92 Å². The van der Waals surface area contributed by atoms with E-state index in [2.05, 4.69) is 0 Å². The van der Waals surface area contributed by atoms with E-state index < -0.39 is 10.0 Å². The van der Waals surface area contributed by atoms with E-state index in [-0.39, 0.29) is 5.91 Å². The topological polar surface area (TPSA) is 57.7 Å². The van der Waals surface area contributed by atoms with Gasteiger partial charge in [0.15, 0.2) is 0 Å². The third kappa shape index (κ3) is 3.68. The normalized spacial score (nSPS) is 20.7. The number of nitrogens with zero attached hydrogens (tertiary/aromatic N) is 2. The molecule has 1 aliphatic carbocycles. The number of piperazine rings is 1. The highest BCUT2D eigenvalue weighted by atomic mass is 32.2. The van der Waals surface area contributed by atoms with Gasteiger partial charge >= 0.3 is 0 Å². The van der Waals surface area contributed by atoms with Crippen molar-refractivity contribution >= 4 is 27.3 Å². The summed E-state index contributed by atoms with van der Waals surface area (Å²) in [6.45, 7) is 5.59. The quantitative estimate of drug-likeness (QED) is 0.819. The summed E-state index contributed by atoms with van der Waals surface area (Å²) < 4.78 is 27.1. The Hall–Kier alpha value is -0.920. The molecular weight excluding hydrogens is 344 g/mol. The van der Waals surface area contributed by atoms with Crippen LogP contribution in [0.5, 0.6) is 0 Å². The number of sulfonamides is 1. The molecule has 7 heteroatoms. The lowest BCUT2D eigenvalue weighted by Crippen LogP contribution is -2.50. The first-order chi connectivity index (χ1) is 11.4. The van der Waals surface area contributed by atoms with Gasteiger partial charge in [0.1, 0.15) is 0 Å². The minimum atomic E-state index is -3.44. The Morgan fingerprint density at radius 3 is 2.33 bits per heavy atom. The number of hydrogen-bond donors (Lipinski definition) is 0. The van der Waals surface area contributed by atoms with Crippen LogP contribution in [-0.4, -0.2) is 49.7 Å². The molecule has 2 heterocycles. The van der Waals surface area contributed by atoms with E-state index in [1.54, 1.807) is 6.07 Å². The van der Waals surface area contributed by atoms with Crippen LogP contribution >= 0.6 is 11.3 Å². The highest BCUT2D eigenvalue weighted by molar-refractivity contribution is 7.89. The number of carbonyl (C=O) groups is 1. The predicted molar refractivity (Wildman–Crippen MR) is 95.7 cm³/mol. The molecule has 1 saturated heterocycles. The Morgan fingerprint density at radius 1 is 1.17 bits per heavy atom. The summed E-state index contributed by atoms with van der Waals surface area (Å²) in [5, 5.41) is 0. The summed E-state index contributed by atoms with van der Waals surface area (Å²) in [5.41, 5.74) is 0. The molecule has 24 heavy (non-hydrogen) atoms. The fourth-order valence-electron chi connectivity index (χ4n) is 3.77.